The van der Waals surface area contributed by atoms with E-state index in [2.05, 4.69) is 12.2 Å². The molecule has 1 unspecified atom stereocenters. The smallest absolute Gasteiger partial charge is 0.253 e. The summed E-state index contributed by atoms with van der Waals surface area (Å²) in [7, 11) is 0. The van der Waals surface area contributed by atoms with E-state index in [4.69, 9.17) is 0 Å². The largest absolute Gasteiger partial charge is 0.352 e. The molecule has 0 saturated carbocycles. The minimum absolute atomic E-state index is 0.0626. The van der Waals surface area contributed by atoms with Crippen molar-refractivity contribution in [2.75, 3.05) is 19.6 Å². The molecule has 1 atom stereocenters. The number of carbonyl (C=O) groups excluding carboxylic acids is 2. The first kappa shape index (κ1) is 18.2. The lowest BCUT2D eigenvalue weighted by atomic mass is 9.99. The van der Waals surface area contributed by atoms with E-state index in [1.807, 2.05) is 35.2 Å². The topological polar surface area (TPSA) is 49.4 Å². The SMILES string of the molecule is CC1CCCN(C(=O)c2ccc(C(=O)NCCc3ccccc3)cc2)C1. The van der Waals surface area contributed by atoms with E-state index >= 15 is 0 Å². The van der Waals surface area contributed by atoms with Gasteiger partial charge in [-0.15, -0.1) is 0 Å². The average Bonchev–Trinajstić information content (AvgIpc) is 2.68. The Balaban J connectivity index is 1.53. The second-order valence-corrected chi connectivity index (χ2v) is 7.07. The van der Waals surface area contributed by atoms with Gasteiger partial charge in [0.2, 0.25) is 0 Å². The minimum atomic E-state index is -0.105. The molecule has 136 valence electrons. The van der Waals surface area contributed by atoms with Crippen LogP contribution in [0.1, 0.15) is 46.0 Å². The van der Waals surface area contributed by atoms with Gasteiger partial charge in [-0.2, -0.15) is 0 Å². The predicted octanol–water partition coefficient (Wildman–Crippen LogP) is 3.53. The Bertz CT molecular complexity index is 740. The summed E-state index contributed by atoms with van der Waals surface area (Å²) < 4.78 is 0. The van der Waals surface area contributed by atoms with Crippen molar-refractivity contribution in [3.05, 3.63) is 71.3 Å². The molecule has 4 nitrogen and oxygen atoms in total. The molecule has 1 fully saturated rings. The van der Waals surface area contributed by atoms with Crippen LogP contribution in [-0.4, -0.2) is 36.3 Å². The van der Waals surface area contributed by atoms with E-state index < -0.39 is 0 Å². The number of piperidine rings is 1. The summed E-state index contributed by atoms with van der Waals surface area (Å²) in [6.45, 7) is 4.42. The molecule has 1 heterocycles. The predicted molar refractivity (Wildman–Crippen MR) is 103 cm³/mol. The maximum Gasteiger partial charge on any atom is 0.253 e. The fraction of sp³-hybridized carbons (Fsp3) is 0.364. The third-order valence-electron chi connectivity index (χ3n) is 4.88. The number of amides is 2. The molecule has 3 rings (SSSR count). The highest BCUT2D eigenvalue weighted by Crippen LogP contribution is 2.18. The fourth-order valence-corrected chi connectivity index (χ4v) is 3.39. The van der Waals surface area contributed by atoms with Crippen LogP contribution >= 0.6 is 0 Å². The van der Waals surface area contributed by atoms with E-state index in [9.17, 15) is 9.59 Å². The van der Waals surface area contributed by atoms with Crippen LogP contribution in [0.15, 0.2) is 54.6 Å². The zero-order valence-electron chi connectivity index (χ0n) is 15.3. The first-order chi connectivity index (χ1) is 12.6. The van der Waals surface area contributed by atoms with E-state index in [-0.39, 0.29) is 11.8 Å². The van der Waals surface area contributed by atoms with Crippen molar-refractivity contribution in [2.45, 2.75) is 26.2 Å². The molecule has 1 aliphatic heterocycles. The van der Waals surface area contributed by atoms with Gasteiger partial charge < -0.3 is 10.2 Å². The summed E-state index contributed by atoms with van der Waals surface area (Å²) in [5.74, 6) is 0.515. The number of hydrogen-bond acceptors (Lipinski definition) is 2. The zero-order valence-corrected chi connectivity index (χ0v) is 15.3. The van der Waals surface area contributed by atoms with Gasteiger partial charge in [0, 0.05) is 30.8 Å². The molecule has 26 heavy (non-hydrogen) atoms. The van der Waals surface area contributed by atoms with Gasteiger partial charge in [0.25, 0.3) is 11.8 Å². The Kier molecular flexibility index (Phi) is 6.05. The highest BCUT2D eigenvalue weighted by atomic mass is 16.2. The Morgan fingerprint density at radius 1 is 1.04 bits per heavy atom. The third-order valence-corrected chi connectivity index (χ3v) is 4.88. The van der Waals surface area contributed by atoms with E-state index in [1.54, 1.807) is 24.3 Å². The lowest BCUT2D eigenvalue weighted by Gasteiger charge is -2.31. The van der Waals surface area contributed by atoms with Crippen LogP contribution in [0.4, 0.5) is 0 Å². The molecule has 0 aliphatic carbocycles. The lowest BCUT2D eigenvalue weighted by molar-refractivity contribution is 0.0682. The van der Waals surface area contributed by atoms with Crippen LogP contribution in [0.3, 0.4) is 0 Å². The molecule has 1 saturated heterocycles. The van der Waals surface area contributed by atoms with Crippen LogP contribution in [0.25, 0.3) is 0 Å². The van der Waals surface area contributed by atoms with E-state index in [0.29, 0.717) is 23.6 Å². The quantitative estimate of drug-likeness (QED) is 0.897. The number of rotatable bonds is 5. The summed E-state index contributed by atoms with van der Waals surface area (Å²) in [5, 5.41) is 2.93. The van der Waals surface area contributed by atoms with E-state index in [1.165, 1.54) is 12.0 Å². The first-order valence-electron chi connectivity index (χ1n) is 9.35. The zero-order chi connectivity index (χ0) is 18.4. The van der Waals surface area contributed by atoms with Gasteiger partial charge in [-0.1, -0.05) is 37.3 Å². The van der Waals surface area contributed by atoms with Crippen molar-refractivity contribution in [1.82, 2.24) is 10.2 Å². The normalized spacial score (nSPS) is 17.0. The van der Waals surface area contributed by atoms with Gasteiger partial charge in [-0.25, -0.2) is 0 Å². The molecule has 2 amide bonds. The van der Waals surface area contributed by atoms with Gasteiger partial charge in [-0.05, 0) is 55.0 Å². The molecule has 2 aromatic rings. The summed E-state index contributed by atoms with van der Waals surface area (Å²) in [5.41, 5.74) is 2.44. The minimum Gasteiger partial charge on any atom is -0.352 e. The van der Waals surface area contributed by atoms with Crippen molar-refractivity contribution in [1.29, 1.82) is 0 Å². The summed E-state index contributed by atoms with van der Waals surface area (Å²) in [6, 6.07) is 17.1. The molecular formula is C22H26N2O2. The lowest BCUT2D eigenvalue weighted by Crippen LogP contribution is -2.39. The highest BCUT2D eigenvalue weighted by molar-refractivity contribution is 5.97. The summed E-state index contributed by atoms with van der Waals surface area (Å²) in [6.07, 6.45) is 3.05. The molecule has 0 bridgehead atoms. The van der Waals surface area contributed by atoms with E-state index in [0.717, 1.165) is 25.9 Å². The number of likely N-dealkylation sites (tertiary alicyclic amines) is 1. The molecule has 2 aromatic carbocycles. The monoisotopic (exact) mass is 350 g/mol. The van der Waals surface area contributed by atoms with Crippen LogP contribution in [-0.2, 0) is 6.42 Å². The Hall–Kier alpha value is -2.62. The van der Waals surface area contributed by atoms with Crippen molar-refractivity contribution in [3.63, 3.8) is 0 Å². The van der Waals surface area contributed by atoms with Gasteiger partial charge in [0.15, 0.2) is 0 Å². The second-order valence-electron chi connectivity index (χ2n) is 7.07. The Morgan fingerprint density at radius 2 is 1.73 bits per heavy atom. The average molecular weight is 350 g/mol. The number of nitrogens with one attached hydrogen (secondary N) is 1. The van der Waals surface area contributed by atoms with Gasteiger partial charge in [-0.3, -0.25) is 9.59 Å². The molecule has 0 aromatic heterocycles. The third kappa shape index (κ3) is 4.72. The van der Waals surface area contributed by atoms with Crippen molar-refractivity contribution >= 4 is 11.8 Å². The first-order valence-corrected chi connectivity index (χ1v) is 9.35. The van der Waals surface area contributed by atoms with Gasteiger partial charge in [0.1, 0.15) is 0 Å². The van der Waals surface area contributed by atoms with Crippen molar-refractivity contribution < 1.29 is 9.59 Å². The fourth-order valence-electron chi connectivity index (χ4n) is 3.39. The maximum atomic E-state index is 12.6. The number of nitrogens with zero attached hydrogens (tertiary/aromatic N) is 1. The molecule has 4 heteroatoms. The standard InChI is InChI=1S/C22H26N2O2/c1-17-6-5-15-24(16-17)22(26)20-11-9-19(10-12-20)21(25)23-14-13-18-7-3-2-4-8-18/h2-4,7-12,17H,5-6,13-16H2,1H3,(H,23,25). The molecular weight excluding hydrogens is 324 g/mol. The van der Waals surface area contributed by atoms with Crippen molar-refractivity contribution in [3.8, 4) is 0 Å². The van der Waals surface area contributed by atoms with Crippen LogP contribution in [0, 0.1) is 5.92 Å². The molecule has 0 radical (unpaired) electrons. The van der Waals surface area contributed by atoms with Crippen LogP contribution in [0.5, 0.6) is 0 Å². The molecule has 1 aliphatic rings. The van der Waals surface area contributed by atoms with Gasteiger partial charge in [0.05, 0.1) is 0 Å². The van der Waals surface area contributed by atoms with Gasteiger partial charge >= 0.3 is 0 Å². The Morgan fingerprint density at radius 3 is 2.42 bits per heavy atom. The summed E-state index contributed by atoms with van der Waals surface area (Å²) >= 11 is 0. The maximum absolute atomic E-state index is 12.6. The number of benzene rings is 2. The number of hydrogen-bond donors (Lipinski definition) is 1. The highest BCUT2D eigenvalue weighted by Gasteiger charge is 2.22. The number of carbonyl (C=O) groups is 2. The molecule has 0 spiro atoms. The van der Waals surface area contributed by atoms with Crippen molar-refractivity contribution in [2.24, 2.45) is 5.92 Å². The molecule has 1 N–H and O–H groups in total. The second kappa shape index (κ2) is 8.65. The summed E-state index contributed by atoms with van der Waals surface area (Å²) in [4.78, 5) is 26.8. The van der Waals surface area contributed by atoms with Crippen LogP contribution < -0.4 is 5.32 Å². The van der Waals surface area contributed by atoms with Crippen LogP contribution in [0.2, 0.25) is 0 Å². The Labute approximate surface area is 155 Å².